The van der Waals surface area contributed by atoms with Crippen molar-refractivity contribution in [3.8, 4) is 0 Å². The van der Waals surface area contributed by atoms with Gasteiger partial charge in [0.05, 0.1) is 0 Å². The highest BCUT2D eigenvalue weighted by molar-refractivity contribution is 5.71. The molecule has 1 atom stereocenters. The van der Waals surface area contributed by atoms with Crippen LogP contribution in [0, 0.1) is 0 Å². The standard InChI is InChI=1S/C73H140O6/c1-4-7-10-13-16-19-22-25-28-30-31-32-33-34-35-36-37-38-39-40-41-42-43-46-48-51-54-57-60-63-66-72(75)78-69-70(68-77-71(74)65-62-59-56-53-50-47-44-27-24-21-18-15-12-9-6-3)79-73(76)67-64-61-58-55-52-49-45-29-26-23-20-17-14-11-8-5-2/h27,44,70H,4-26,28-43,45-69H2,1-3H3/b44-27-. The van der Waals surface area contributed by atoms with Crippen molar-refractivity contribution in [3.63, 3.8) is 0 Å². The third kappa shape index (κ3) is 66.8. The predicted molar refractivity (Wildman–Crippen MR) is 344 cm³/mol. The van der Waals surface area contributed by atoms with Gasteiger partial charge in [-0.15, -0.1) is 0 Å². The highest BCUT2D eigenvalue weighted by atomic mass is 16.6. The maximum atomic E-state index is 12.9. The Kier molecular flexibility index (Phi) is 67.0. The first-order valence-corrected chi connectivity index (χ1v) is 36.2. The highest BCUT2D eigenvalue weighted by Gasteiger charge is 2.19. The first-order valence-electron chi connectivity index (χ1n) is 36.2. The molecule has 0 spiro atoms. The molecule has 0 aliphatic heterocycles. The Balaban J connectivity index is 4.14. The molecule has 6 nitrogen and oxygen atoms in total. The summed E-state index contributed by atoms with van der Waals surface area (Å²) in [5, 5.41) is 0. The van der Waals surface area contributed by atoms with Gasteiger partial charge in [0, 0.05) is 19.3 Å². The lowest BCUT2D eigenvalue weighted by atomic mass is 10.0. The van der Waals surface area contributed by atoms with E-state index in [2.05, 4.69) is 32.9 Å². The summed E-state index contributed by atoms with van der Waals surface area (Å²) >= 11 is 0. The van der Waals surface area contributed by atoms with Gasteiger partial charge in [-0.25, -0.2) is 0 Å². The van der Waals surface area contributed by atoms with Crippen LogP contribution in [-0.4, -0.2) is 37.2 Å². The summed E-state index contributed by atoms with van der Waals surface area (Å²) in [5.41, 5.74) is 0. The van der Waals surface area contributed by atoms with Gasteiger partial charge in [-0.05, 0) is 44.9 Å². The molecule has 0 aromatic heterocycles. The number of carbonyl (C=O) groups excluding carboxylic acids is 3. The van der Waals surface area contributed by atoms with E-state index in [1.54, 1.807) is 0 Å². The Morgan fingerprint density at radius 1 is 0.241 bits per heavy atom. The van der Waals surface area contributed by atoms with Crippen molar-refractivity contribution in [3.05, 3.63) is 12.2 Å². The zero-order chi connectivity index (χ0) is 57.1. The van der Waals surface area contributed by atoms with Gasteiger partial charge >= 0.3 is 17.9 Å². The summed E-state index contributed by atoms with van der Waals surface area (Å²) in [6.45, 7) is 6.72. The molecule has 1 unspecified atom stereocenters. The van der Waals surface area contributed by atoms with Crippen molar-refractivity contribution in [2.24, 2.45) is 0 Å². The minimum atomic E-state index is -0.769. The molecule has 0 fully saturated rings. The van der Waals surface area contributed by atoms with Gasteiger partial charge in [0.1, 0.15) is 13.2 Å². The van der Waals surface area contributed by atoms with Crippen LogP contribution in [-0.2, 0) is 28.6 Å². The van der Waals surface area contributed by atoms with Gasteiger partial charge in [0.2, 0.25) is 0 Å². The fourth-order valence-corrected chi connectivity index (χ4v) is 11.3. The Bertz CT molecular complexity index is 1230. The number of unbranched alkanes of at least 4 members (excludes halogenated alkanes) is 55. The van der Waals surface area contributed by atoms with Crippen LogP contribution in [0.5, 0.6) is 0 Å². The molecule has 0 aromatic carbocycles. The van der Waals surface area contributed by atoms with Gasteiger partial charge in [-0.1, -0.05) is 367 Å². The van der Waals surface area contributed by atoms with Crippen LogP contribution in [0.3, 0.4) is 0 Å². The van der Waals surface area contributed by atoms with Crippen LogP contribution < -0.4 is 0 Å². The maximum Gasteiger partial charge on any atom is 0.306 e. The smallest absolute Gasteiger partial charge is 0.306 e. The van der Waals surface area contributed by atoms with Crippen LogP contribution in [0.1, 0.15) is 419 Å². The fourth-order valence-electron chi connectivity index (χ4n) is 11.3. The summed E-state index contributed by atoms with van der Waals surface area (Å²) < 4.78 is 17.0. The number of rotatable bonds is 68. The average Bonchev–Trinajstić information content (AvgIpc) is 3.45. The molecule has 0 amide bonds. The van der Waals surface area contributed by atoms with Crippen molar-refractivity contribution in [1.29, 1.82) is 0 Å². The summed E-state index contributed by atoms with van der Waals surface area (Å²) in [4.78, 5) is 38.4. The lowest BCUT2D eigenvalue weighted by Gasteiger charge is -2.18. The highest BCUT2D eigenvalue weighted by Crippen LogP contribution is 2.19. The average molecular weight is 1110 g/mol. The molecule has 0 aromatic rings. The van der Waals surface area contributed by atoms with Crippen molar-refractivity contribution in [1.82, 2.24) is 0 Å². The molecular weight excluding hydrogens is 973 g/mol. The fraction of sp³-hybridized carbons (Fsp3) is 0.932. The third-order valence-corrected chi connectivity index (χ3v) is 16.8. The molecule has 0 bridgehead atoms. The molecule has 0 aliphatic carbocycles. The SMILES string of the molecule is CCCCCCCC/C=C\CCCCCCCC(=O)OCC(COC(=O)CCCCCCCCCCCCCCCCCCCCCCCCCCCCCCCC)OC(=O)CCCCCCCCCCCCCCCCCC. The Labute approximate surface area is 494 Å². The molecule has 79 heavy (non-hydrogen) atoms. The number of allylic oxidation sites excluding steroid dienone is 2. The van der Waals surface area contributed by atoms with E-state index >= 15 is 0 Å². The van der Waals surface area contributed by atoms with Crippen LogP contribution in [0.4, 0.5) is 0 Å². The van der Waals surface area contributed by atoms with E-state index in [9.17, 15) is 14.4 Å². The number of hydrogen-bond donors (Lipinski definition) is 0. The van der Waals surface area contributed by atoms with E-state index in [1.165, 1.54) is 315 Å². The van der Waals surface area contributed by atoms with Gasteiger partial charge in [0.25, 0.3) is 0 Å². The van der Waals surface area contributed by atoms with Gasteiger partial charge in [0.15, 0.2) is 6.10 Å². The van der Waals surface area contributed by atoms with Crippen molar-refractivity contribution < 1.29 is 28.6 Å². The minimum absolute atomic E-state index is 0.0657. The van der Waals surface area contributed by atoms with Crippen molar-refractivity contribution >= 4 is 17.9 Å². The molecule has 0 aliphatic rings. The monoisotopic (exact) mass is 1110 g/mol. The normalized spacial score (nSPS) is 12.0. The van der Waals surface area contributed by atoms with E-state index in [1.807, 2.05) is 0 Å². The van der Waals surface area contributed by atoms with E-state index in [4.69, 9.17) is 14.2 Å². The summed E-state index contributed by atoms with van der Waals surface area (Å²) in [5.74, 6) is -0.839. The Morgan fingerprint density at radius 3 is 0.633 bits per heavy atom. The molecular formula is C73H140O6. The topological polar surface area (TPSA) is 78.9 Å². The van der Waals surface area contributed by atoms with Crippen LogP contribution in [0.15, 0.2) is 12.2 Å². The molecule has 0 radical (unpaired) electrons. The van der Waals surface area contributed by atoms with E-state index in [0.717, 1.165) is 64.2 Å². The van der Waals surface area contributed by atoms with Crippen LogP contribution in [0.2, 0.25) is 0 Å². The second kappa shape index (κ2) is 68.6. The molecule has 468 valence electrons. The van der Waals surface area contributed by atoms with E-state index < -0.39 is 6.10 Å². The lowest BCUT2D eigenvalue weighted by molar-refractivity contribution is -0.167. The lowest BCUT2D eigenvalue weighted by Crippen LogP contribution is -2.30. The second-order valence-corrected chi connectivity index (χ2v) is 24.9. The van der Waals surface area contributed by atoms with Crippen LogP contribution in [0.25, 0.3) is 0 Å². The minimum Gasteiger partial charge on any atom is -0.462 e. The molecule has 0 N–H and O–H groups in total. The number of carbonyl (C=O) groups is 3. The van der Waals surface area contributed by atoms with Crippen molar-refractivity contribution in [2.45, 2.75) is 425 Å². The summed E-state index contributed by atoms with van der Waals surface area (Å²) in [6, 6.07) is 0. The van der Waals surface area contributed by atoms with Crippen LogP contribution >= 0.6 is 0 Å². The molecule has 0 saturated heterocycles. The molecule has 0 rings (SSSR count). The van der Waals surface area contributed by atoms with Gasteiger partial charge < -0.3 is 14.2 Å². The first-order chi connectivity index (χ1) is 39.0. The maximum absolute atomic E-state index is 12.9. The first kappa shape index (κ1) is 77.2. The zero-order valence-electron chi connectivity index (χ0n) is 53.9. The summed E-state index contributed by atoms with van der Waals surface area (Å²) in [6.07, 6.45) is 82.6. The second-order valence-electron chi connectivity index (χ2n) is 24.9. The van der Waals surface area contributed by atoms with Gasteiger partial charge in [-0.2, -0.15) is 0 Å². The molecule has 0 heterocycles. The number of hydrogen-bond acceptors (Lipinski definition) is 6. The Morgan fingerprint density at radius 2 is 0.418 bits per heavy atom. The third-order valence-electron chi connectivity index (χ3n) is 16.8. The quantitative estimate of drug-likeness (QED) is 0.0261. The van der Waals surface area contributed by atoms with Crippen molar-refractivity contribution in [2.75, 3.05) is 13.2 Å². The largest absolute Gasteiger partial charge is 0.462 e. The number of esters is 3. The van der Waals surface area contributed by atoms with Gasteiger partial charge in [-0.3, -0.25) is 14.4 Å². The number of ether oxygens (including phenoxy) is 3. The van der Waals surface area contributed by atoms with E-state index in [-0.39, 0.29) is 31.1 Å². The Hall–Kier alpha value is -1.85. The molecule has 0 saturated carbocycles. The zero-order valence-corrected chi connectivity index (χ0v) is 53.9. The summed E-state index contributed by atoms with van der Waals surface area (Å²) in [7, 11) is 0. The molecule has 6 heteroatoms. The predicted octanol–water partition coefficient (Wildman–Crippen LogP) is 24.8. The van der Waals surface area contributed by atoms with E-state index in [0.29, 0.717) is 19.3 Å².